The highest BCUT2D eigenvalue weighted by Crippen LogP contribution is 2.18. The van der Waals surface area contributed by atoms with Gasteiger partial charge in [-0.1, -0.05) is 32.0 Å². The molecule has 0 saturated heterocycles. The summed E-state index contributed by atoms with van der Waals surface area (Å²) in [7, 11) is 0. The summed E-state index contributed by atoms with van der Waals surface area (Å²) in [6, 6.07) is 5.10. The predicted octanol–water partition coefficient (Wildman–Crippen LogP) is -0.0427. The van der Waals surface area contributed by atoms with Gasteiger partial charge in [-0.3, -0.25) is 14.4 Å². The highest BCUT2D eigenvalue weighted by atomic mass is 16.4. The SMILES string of the molecule is CC(C)C[C@H](N)C(=O)O.N[C@@H](CO)C(=O)O.N[C@@H](Cc1c[nH]c2ccccc12)C(=O)O. The van der Waals surface area contributed by atoms with Crippen LogP contribution in [-0.2, 0) is 20.8 Å². The van der Waals surface area contributed by atoms with E-state index in [9.17, 15) is 14.4 Å². The van der Waals surface area contributed by atoms with Gasteiger partial charge in [0, 0.05) is 23.5 Å². The number of nitrogens with one attached hydrogen (secondary N) is 1. The normalized spacial score (nSPS) is 13.3. The van der Waals surface area contributed by atoms with Crippen molar-refractivity contribution in [3.63, 3.8) is 0 Å². The monoisotopic (exact) mass is 440 g/mol. The number of fused-ring (bicyclic) bond motifs is 1. The van der Waals surface area contributed by atoms with Gasteiger partial charge in [0.1, 0.15) is 18.1 Å². The lowest BCUT2D eigenvalue weighted by atomic mass is 10.1. The molecule has 1 aromatic heterocycles. The molecule has 2 aromatic rings. The molecule has 0 aliphatic rings. The first-order valence-electron chi connectivity index (χ1n) is 9.51. The van der Waals surface area contributed by atoms with Crippen LogP contribution in [0.2, 0.25) is 0 Å². The van der Waals surface area contributed by atoms with E-state index in [4.69, 9.17) is 37.6 Å². The lowest BCUT2D eigenvalue weighted by Crippen LogP contribution is -2.33. The van der Waals surface area contributed by atoms with Crippen molar-refractivity contribution in [1.82, 2.24) is 4.98 Å². The molecular formula is C20H32N4O7. The number of rotatable bonds is 8. The molecule has 11 nitrogen and oxygen atoms in total. The van der Waals surface area contributed by atoms with E-state index in [0.29, 0.717) is 18.8 Å². The Kier molecular flexibility index (Phi) is 12.7. The van der Waals surface area contributed by atoms with Gasteiger partial charge >= 0.3 is 17.9 Å². The second kappa shape index (κ2) is 14.1. The molecule has 3 atom stereocenters. The summed E-state index contributed by atoms with van der Waals surface area (Å²) in [5.41, 5.74) is 17.4. The Morgan fingerprint density at radius 2 is 1.42 bits per heavy atom. The molecule has 0 fully saturated rings. The Hall–Kier alpha value is -2.99. The fourth-order valence-electron chi connectivity index (χ4n) is 2.31. The van der Waals surface area contributed by atoms with Crippen LogP contribution in [0.1, 0.15) is 25.8 Å². The number of para-hydroxylation sites is 1. The third-order valence-corrected chi connectivity index (χ3v) is 3.99. The zero-order chi connectivity index (χ0) is 24.1. The number of carboxylic acid groups (broad SMARTS) is 3. The zero-order valence-electron chi connectivity index (χ0n) is 17.6. The van der Waals surface area contributed by atoms with E-state index in [0.717, 1.165) is 16.5 Å². The van der Waals surface area contributed by atoms with Crippen molar-refractivity contribution in [1.29, 1.82) is 0 Å². The van der Waals surface area contributed by atoms with Crippen molar-refractivity contribution < 1.29 is 34.8 Å². The molecule has 1 heterocycles. The van der Waals surface area contributed by atoms with Gasteiger partial charge in [-0.05, 0) is 24.0 Å². The minimum absolute atomic E-state index is 0.347. The number of aliphatic carboxylic acids is 3. The second-order valence-corrected chi connectivity index (χ2v) is 7.21. The number of aromatic nitrogens is 1. The zero-order valence-corrected chi connectivity index (χ0v) is 17.6. The van der Waals surface area contributed by atoms with Crippen LogP contribution >= 0.6 is 0 Å². The van der Waals surface area contributed by atoms with Crippen LogP contribution < -0.4 is 17.2 Å². The quantitative estimate of drug-likeness (QED) is 0.273. The fourth-order valence-corrected chi connectivity index (χ4v) is 2.31. The second-order valence-electron chi connectivity index (χ2n) is 7.21. The van der Waals surface area contributed by atoms with Crippen molar-refractivity contribution in [3.05, 3.63) is 36.0 Å². The third-order valence-electron chi connectivity index (χ3n) is 3.99. The Bertz CT molecular complexity index is 838. The minimum atomic E-state index is -1.18. The maximum Gasteiger partial charge on any atom is 0.322 e. The highest BCUT2D eigenvalue weighted by Gasteiger charge is 2.14. The fraction of sp³-hybridized carbons (Fsp3) is 0.450. The first kappa shape index (κ1) is 28.0. The van der Waals surface area contributed by atoms with E-state index in [1.165, 1.54) is 0 Å². The van der Waals surface area contributed by atoms with Gasteiger partial charge in [-0.2, -0.15) is 0 Å². The van der Waals surface area contributed by atoms with Crippen molar-refractivity contribution in [2.24, 2.45) is 23.1 Å². The molecule has 174 valence electrons. The van der Waals surface area contributed by atoms with Gasteiger partial charge in [-0.15, -0.1) is 0 Å². The smallest absolute Gasteiger partial charge is 0.322 e. The molecule has 0 aliphatic heterocycles. The molecule has 0 bridgehead atoms. The predicted molar refractivity (Wildman–Crippen MR) is 115 cm³/mol. The number of hydrogen-bond donors (Lipinski definition) is 8. The van der Waals surface area contributed by atoms with Crippen LogP contribution in [0.15, 0.2) is 30.5 Å². The molecule has 11 heteroatoms. The average Bonchev–Trinajstić information content (AvgIpc) is 3.10. The average molecular weight is 440 g/mol. The van der Waals surface area contributed by atoms with E-state index in [2.05, 4.69) is 4.98 Å². The van der Waals surface area contributed by atoms with Crippen LogP contribution in [0, 0.1) is 5.92 Å². The van der Waals surface area contributed by atoms with E-state index in [1.54, 1.807) is 0 Å². The van der Waals surface area contributed by atoms with E-state index < -0.39 is 42.6 Å². The van der Waals surface area contributed by atoms with Gasteiger partial charge in [-0.25, -0.2) is 0 Å². The van der Waals surface area contributed by atoms with E-state index in [-0.39, 0.29) is 0 Å². The first-order chi connectivity index (χ1) is 14.4. The van der Waals surface area contributed by atoms with Crippen LogP contribution in [0.3, 0.4) is 0 Å². The molecule has 0 amide bonds. The number of aliphatic hydroxyl groups is 1. The Balaban J connectivity index is 0.000000484. The summed E-state index contributed by atoms with van der Waals surface area (Å²) >= 11 is 0. The molecule has 0 unspecified atom stereocenters. The summed E-state index contributed by atoms with van der Waals surface area (Å²) < 4.78 is 0. The summed E-state index contributed by atoms with van der Waals surface area (Å²) in [6.45, 7) is 3.39. The number of nitrogens with two attached hydrogens (primary N) is 3. The molecule has 0 aliphatic carbocycles. The van der Waals surface area contributed by atoms with Gasteiger partial charge in [0.05, 0.1) is 6.61 Å². The molecule has 0 spiro atoms. The summed E-state index contributed by atoms with van der Waals surface area (Å²) in [6.07, 6.45) is 2.71. The summed E-state index contributed by atoms with van der Waals surface area (Å²) in [5.74, 6) is -2.71. The number of benzene rings is 1. The number of hydrogen-bond acceptors (Lipinski definition) is 7. The van der Waals surface area contributed by atoms with E-state index >= 15 is 0 Å². The van der Waals surface area contributed by atoms with Crippen molar-refractivity contribution in [2.45, 2.75) is 44.8 Å². The maximum absolute atomic E-state index is 10.6. The first-order valence-corrected chi connectivity index (χ1v) is 9.51. The Morgan fingerprint density at radius 3 is 1.81 bits per heavy atom. The number of aromatic amines is 1. The maximum atomic E-state index is 10.6. The molecule has 1 aromatic carbocycles. The third kappa shape index (κ3) is 11.1. The van der Waals surface area contributed by atoms with Gasteiger partial charge in [0.2, 0.25) is 0 Å². The minimum Gasteiger partial charge on any atom is -0.480 e. The van der Waals surface area contributed by atoms with Crippen LogP contribution in [0.25, 0.3) is 10.9 Å². The summed E-state index contributed by atoms with van der Waals surface area (Å²) in [4.78, 5) is 33.5. The summed E-state index contributed by atoms with van der Waals surface area (Å²) in [5, 5.41) is 34.0. The highest BCUT2D eigenvalue weighted by molar-refractivity contribution is 5.84. The lowest BCUT2D eigenvalue weighted by Gasteiger charge is -2.07. The standard InChI is InChI=1S/C11H12N2O2.C6H13NO2.C3H7NO3/c12-9(11(14)15)5-7-6-13-10-4-2-1-3-8(7)10;1-4(2)3-5(7)6(8)9;4-2(1-5)3(6)7/h1-4,6,9,13H,5,12H2,(H,14,15);4-5H,3,7H2,1-2H3,(H,8,9);2,5H,1,4H2,(H,6,7)/t9-;5-;2-/m000/s1. The van der Waals surface area contributed by atoms with Gasteiger partial charge in [0.25, 0.3) is 0 Å². The molecule has 31 heavy (non-hydrogen) atoms. The molecular weight excluding hydrogens is 408 g/mol. The van der Waals surface area contributed by atoms with Crippen LogP contribution in [0.5, 0.6) is 0 Å². The number of H-pyrrole nitrogens is 1. The number of carboxylic acids is 3. The van der Waals surface area contributed by atoms with Crippen molar-refractivity contribution in [3.8, 4) is 0 Å². The molecule has 0 radical (unpaired) electrons. The van der Waals surface area contributed by atoms with Crippen molar-refractivity contribution in [2.75, 3.05) is 6.61 Å². The largest absolute Gasteiger partial charge is 0.480 e. The molecule has 11 N–H and O–H groups in total. The van der Waals surface area contributed by atoms with Crippen molar-refractivity contribution >= 4 is 28.8 Å². The van der Waals surface area contributed by atoms with Crippen LogP contribution in [0.4, 0.5) is 0 Å². The van der Waals surface area contributed by atoms with E-state index in [1.807, 2.05) is 44.3 Å². The molecule has 0 saturated carbocycles. The Labute approximate surface area is 179 Å². The lowest BCUT2D eigenvalue weighted by molar-refractivity contribution is -0.140. The Morgan fingerprint density at radius 1 is 0.903 bits per heavy atom. The number of carbonyl (C=O) groups is 3. The van der Waals surface area contributed by atoms with Gasteiger partial charge in [0.15, 0.2) is 0 Å². The van der Waals surface area contributed by atoms with Gasteiger partial charge < -0.3 is 42.6 Å². The molecule has 2 rings (SSSR count). The van der Waals surface area contributed by atoms with Crippen LogP contribution in [-0.4, -0.2) is 68.1 Å². The number of aliphatic hydroxyl groups excluding tert-OH is 1. The topological polar surface area (TPSA) is 226 Å².